The molecule has 5 rings (SSSR count). The minimum Gasteiger partial charge on any atom is -0.399 e. The van der Waals surface area contributed by atoms with Gasteiger partial charge in [0.25, 0.3) is 5.56 Å². The first kappa shape index (κ1) is 21.5. The number of aromatic amines is 1. The predicted molar refractivity (Wildman–Crippen MR) is 133 cm³/mol. The zero-order valence-corrected chi connectivity index (χ0v) is 18.9. The smallest absolute Gasteiger partial charge is 0.261 e. The van der Waals surface area contributed by atoms with Gasteiger partial charge in [-0.1, -0.05) is 61.9 Å². The summed E-state index contributed by atoms with van der Waals surface area (Å²) in [5.74, 6) is 1.35. The van der Waals surface area contributed by atoms with E-state index >= 15 is 0 Å². The van der Waals surface area contributed by atoms with E-state index in [1.54, 1.807) is 16.7 Å². The van der Waals surface area contributed by atoms with Crippen molar-refractivity contribution in [2.24, 2.45) is 0 Å². The fraction of sp³-hybridized carbons (Fsp3) is 0.192. The Morgan fingerprint density at radius 2 is 1.79 bits per heavy atom. The number of hydrogen-bond donors (Lipinski definition) is 2. The van der Waals surface area contributed by atoms with E-state index in [9.17, 15) is 4.79 Å². The number of nitrogen functional groups attached to an aromatic ring is 1. The Morgan fingerprint density at radius 1 is 1.00 bits per heavy atom. The Kier molecular flexibility index (Phi) is 5.86. The number of nitrogens with zero attached hydrogens (tertiary/aromatic N) is 5. The van der Waals surface area contributed by atoms with E-state index < -0.39 is 0 Å². The highest BCUT2D eigenvalue weighted by atomic mass is 16.1. The molecule has 170 valence electrons. The highest BCUT2D eigenvalue weighted by Gasteiger charge is 2.13. The van der Waals surface area contributed by atoms with Gasteiger partial charge in [-0.05, 0) is 46.5 Å². The van der Waals surface area contributed by atoms with Crippen molar-refractivity contribution < 1.29 is 0 Å². The third-order valence-electron chi connectivity index (χ3n) is 5.93. The summed E-state index contributed by atoms with van der Waals surface area (Å²) in [5.41, 5.74) is 11.1. The van der Waals surface area contributed by atoms with Gasteiger partial charge in [-0.3, -0.25) is 9.36 Å². The second-order valence-corrected chi connectivity index (χ2v) is 8.28. The number of nitrogens with one attached hydrogen (secondary N) is 1. The SMILES string of the molecule is CCCCc1nc2ccc(N)cc2c(=O)n1Cc1ccc(-c2ccccc2-c2nn[nH]n2)cc1. The molecule has 2 heterocycles. The largest absolute Gasteiger partial charge is 0.399 e. The second-order valence-electron chi connectivity index (χ2n) is 8.28. The van der Waals surface area contributed by atoms with Gasteiger partial charge in [-0.25, -0.2) is 4.98 Å². The average molecular weight is 452 g/mol. The number of tetrazole rings is 1. The Labute approximate surface area is 196 Å². The van der Waals surface area contributed by atoms with Crippen molar-refractivity contribution in [3.05, 3.63) is 88.5 Å². The topological polar surface area (TPSA) is 115 Å². The van der Waals surface area contributed by atoms with Crippen LogP contribution in [0.5, 0.6) is 0 Å². The zero-order chi connectivity index (χ0) is 23.5. The molecule has 0 spiro atoms. The van der Waals surface area contributed by atoms with Crippen LogP contribution in [0.25, 0.3) is 33.4 Å². The molecule has 0 amide bonds. The van der Waals surface area contributed by atoms with Gasteiger partial charge in [0.2, 0.25) is 5.82 Å². The van der Waals surface area contributed by atoms with Crippen molar-refractivity contribution >= 4 is 16.6 Å². The molecule has 5 aromatic rings. The van der Waals surface area contributed by atoms with Crippen LogP contribution in [0.1, 0.15) is 31.2 Å². The van der Waals surface area contributed by atoms with Crippen LogP contribution in [-0.4, -0.2) is 30.2 Å². The summed E-state index contributed by atoms with van der Waals surface area (Å²) in [5, 5.41) is 15.0. The Hall–Kier alpha value is -4.33. The molecular formula is C26H25N7O. The molecule has 3 aromatic carbocycles. The standard InChI is InChI=1S/C26H25N7O/c1-2-3-8-24-28-23-14-13-19(27)15-22(23)26(34)33(24)16-17-9-11-18(12-10-17)20-6-4-5-7-21(20)25-29-31-32-30-25/h4-7,9-15H,2-3,8,16,27H2,1H3,(H,29,30,31,32). The van der Waals surface area contributed by atoms with Gasteiger partial charge in [-0.2, -0.15) is 5.21 Å². The summed E-state index contributed by atoms with van der Waals surface area (Å²) < 4.78 is 1.78. The molecule has 0 saturated heterocycles. The molecule has 8 nitrogen and oxygen atoms in total. The van der Waals surface area contributed by atoms with Crippen LogP contribution < -0.4 is 11.3 Å². The number of hydrogen-bond acceptors (Lipinski definition) is 6. The molecule has 0 fully saturated rings. The monoisotopic (exact) mass is 451 g/mol. The zero-order valence-electron chi connectivity index (χ0n) is 18.9. The number of rotatable bonds is 7. The van der Waals surface area contributed by atoms with Gasteiger partial charge < -0.3 is 5.73 Å². The molecule has 3 N–H and O–H groups in total. The van der Waals surface area contributed by atoms with E-state index in [1.165, 1.54) is 0 Å². The van der Waals surface area contributed by atoms with E-state index in [0.717, 1.165) is 47.3 Å². The first-order valence-electron chi connectivity index (χ1n) is 11.3. The number of aromatic nitrogens is 6. The van der Waals surface area contributed by atoms with E-state index in [1.807, 2.05) is 42.5 Å². The molecule has 34 heavy (non-hydrogen) atoms. The van der Waals surface area contributed by atoms with Gasteiger partial charge in [0.05, 0.1) is 17.4 Å². The highest BCUT2D eigenvalue weighted by molar-refractivity contribution is 5.81. The lowest BCUT2D eigenvalue weighted by Crippen LogP contribution is -2.26. The van der Waals surface area contributed by atoms with Crippen LogP contribution >= 0.6 is 0 Å². The number of anilines is 1. The van der Waals surface area contributed by atoms with Crippen LogP contribution in [-0.2, 0) is 13.0 Å². The van der Waals surface area contributed by atoms with Crippen LogP contribution in [0.4, 0.5) is 5.69 Å². The first-order chi connectivity index (χ1) is 16.6. The lowest BCUT2D eigenvalue weighted by Gasteiger charge is -2.14. The number of nitrogens with two attached hydrogens (primary N) is 1. The van der Waals surface area contributed by atoms with E-state index in [0.29, 0.717) is 29.0 Å². The molecule has 0 aliphatic rings. The van der Waals surface area contributed by atoms with Gasteiger partial charge in [0.15, 0.2) is 0 Å². The number of unbranched alkanes of at least 4 members (excludes halogenated alkanes) is 1. The molecule has 8 heteroatoms. The minimum absolute atomic E-state index is 0.0602. The molecule has 0 saturated carbocycles. The summed E-state index contributed by atoms with van der Waals surface area (Å²) in [7, 11) is 0. The Balaban J connectivity index is 1.51. The van der Waals surface area contributed by atoms with Crippen molar-refractivity contribution in [3.8, 4) is 22.5 Å². The molecule has 2 aromatic heterocycles. The van der Waals surface area contributed by atoms with Gasteiger partial charge >= 0.3 is 0 Å². The maximum atomic E-state index is 13.4. The number of benzene rings is 3. The summed E-state index contributed by atoms with van der Waals surface area (Å²) >= 11 is 0. The minimum atomic E-state index is -0.0602. The molecule has 0 aliphatic carbocycles. The molecule has 0 unspecified atom stereocenters. The molecule has 0 radical (unpaired) electrons. The lowest BCUT2D eigenvalue weighted by molar-refractivity contribution is 0.646. The first-order valence-corrected chi connectivity index (χ1v) is 11.3. The van der Waals surface area contributed by atoms with Crippen molar-refractivity contribution in [2.45, 2.75) is 32.7 Å². The Morgan fingerprint density at radius 3 is 2.53 bits per heavy atom. The predicted octanol–water partition coefficient (Wildman–Crippen LogP) is 4.22. The summed E-state index contributed by atoms with van der Waals surface area (Å²) in [6.07, 6.45) is 2.76. The van der Waals surface area contributed by atoms with Crippen molar-refractivity contribution in [3.63, 3.8) is 0 Å². The number of aryl methyl sites for hydroxylation is 1. The van der Waals surface area contributed by atoms with Gasteiger partial charge in [0, 0.05) is 17.7 Å². The third kappa shape index (κ3) is 4.17. The highest BCUT2D eigenvalue weighted by Crippen LogP contribution is 2.29. The summed E-state index contributed by atoms with van der Waals surface area (Å²) in [6.45, 7) is 2.58. The van der Waals surface area contributed by atoms with Gasteiger partial charge in [-0.15, -0.1) is 10.2 Å². The Bertz CT molecular complexity index is 1490. The van der Waals surface area contributed by atoms with Crippen LogP contribution in [0, 0.1) is 0 Å². The average Bonchev–Trinajstić information content (AvgIpc) is 3.40. The van der Waals surface area contributed by atoms with Crippen LogP contribution in [0.3, 0.4) is 0 Å². The second kappa shape index (κ2) is 9.27. The fourth-order valence-corrected chi connectivity index (χ4v) is 4.15. The summed E-state index contributed by atoms with van der Waals surface area (Å²) in [4.78, 5) is 18.2. The number of fused-ring (bicyclic) bond motifs is 1. The van der Waals surface area contributed by atoms with Crippen LogP contribution in [0.2, 0.25) is 0 Å². The van der Waals surface area contributed by atoms with Crippen molar-refractivity contribution in [1.82, 2.24) is 30.2 Å². The molecule has 0 bridgehead atoms. The van der Waals surface area contributed by atoms with Crippen molar-refractivity contribution in [2.75, 3.05) is 5.73 Å². The van der Waals surface area contributed by atoms with Crippen LogP contribution in [0.15, 0.2) is 71.5 Å². The maximum absolute atomic E-state index is 13.4. The molecule has 0 aliphatic heterocycles. The van der Waals surface area contributed by atoms with Gasteiger partial charge in [0.1, 0.15) is 5.82 Å². The van der Waals surface area contributed by atoms with Crippen molar-refractivity contribution in [1.29, 1.82) is 0 Å². The van der Waals surface area contributed by atoms with E-state index in [2.05, 4.69) is 39.7 Å². The lowest BCUT2D eigenvalue weighted by atomic mass is 9.98. The molecular weight excluding hydrogens is 426 g/mol. The number of H-pyrrole nitrogens is 1. The fourth-order valence-electron chi connectivity index (χ4n) is 4.15. The van der Waals surface area contributed by atoms with E-state index in [-0.39, 0.29) is 5.56 Å². The van der Waals surface area contributed by atoms with E-state index in [4.69, 9.17) is 10.7 Å². The normalized spacial score (nSPS) is 11.2. The third-order valence-corrected chi connectivity index (χ3v) is 5.93. The summed E-state index contributed by atoms with van der Waals surface area (Å²) in [6, 6.07) is 21.5. The molecule has 0 atom stereocenters. The maximum Gasteiger partial charge on any atom is 0.261 e. The quantitative estimate of drug-likeness (QED) is 0.358.